The highest BCUT2D eigenvalue weighted by Crippen LogP contribution is 2.52. The van der Waals surface area contributed by atoms with Gasteiger partial charge in [0.25, 0.3) is 5.56 Å². The first-order valence-electron chi connectivity index (χ1n) is 10.8. The van der Waals surface area contributed by atoms with Crippen molar-refractivity contribution in [3.05, 3.63) is 58.3 Å². The van der Waals surface area contributed by atoms with E-state index in [4.69, 9.17) is 0 Å². The van der Waals surface area contributed by atoms with Crippen LogP contribution in [0.2, 0.25) is 0 Å². The maximum Gasteiger partial charge on any atom is 0.266 e. The van der Waals surface area contributed by atoms with Crippen molar-refractivity contribution in [3.8, 4) is 0 Å². The topological polar surface area (TPSA) is 80.4 Å². The Hall–Kier alpha value is -3.26. The monoisotopic (exact) mass is 415 g/mol. The average molecular weight is 416 g/mol. The van der Waals surface area contributed by atoms with Gasteiger partial charge in [0, 0.05) is 48.8 Å². The number of nitrogens with one attached hydrogen (secondary N) is 1. The SMILES string of the molecule is CC(C)n1c(=O)c2cnc(Nc3ccc4c(c3)CN(C)CC43CC3)nc2n2ccnc12. The average Bonchev–Trinajstić information content (AvgIpc) is 3.30. The van der Waals surface area contributed by atoms with Gasteiger partial charge in [-0.3, -0.25) is 13.8 Å². The van der Waals surface area contributed by atoms with Crippen LogP contribution in [0.15, 0.2) is 41.6 Å². The number of imidazole rings is 1. The molecule has 0 amide bonds. The molecule has 0 radical (unpaired) electrons. The molecule has 4 heterocycles. The molecule has 1 saturated carbocycles. The minimum Gasteiger partial charge on any atom is -0.324 e. The molecule has 8 heteroatoms. The zero-order valence-electron chi connectivity index (χ0n) is 18.0. The summed E-state index contributed by atoms with van der Waals surface area (Å²) in [5.74, 6) is 1.05. The Morgan fingerprint density at radius 2 is 2.03 bits per heavy atom. The second-order valence-corrected chi connectivity index (χ2v) is 9.25. The number of nitrogens with zero attached hydrogens (tertiary/aromatic N) is 6. The van der Waals surface area contributed by atoms with Crippen molar-refractivity contribution >= 4 is 28.4 Å². The molecule has 8 nitrogen and oxygen atoms in total. The lowest BCUT2D eigenvalue weighted by molar-refractivity contribution is 0.271. The summed E-state index contributed by atoms with van der Waals surface area (Å²) in [6, 6.07) is 6.57. The first-order chi connectivity index (χ1) is 14.9. The quantitative estimate of drug-likeness (QED) is 0.553. The highest BCUT2D eigenvalue weighted by atomic mass is 16.1. The predicted molar refractivity (Wildman–Crippen MR) is 120 cm³/mol. The van der Waals surface area contributed by atoms with E-state index in [0.717, 1.165) is 18.8 Å². The van der Waals surface area contributed by atoms with Crippen molar-refractivity contribution in [3.63, 3.8) is 0 Å². The van der Waals surface area contributed by atoms with Gasteiger partial charge in [-0.25, -0.2) is 9.97 Å². The van der Waals surface area contributed by atoms with Gasteiger partial charge in [-0.05, 0) is 57.0 Å². The van der Waals surface area contributed by atoms with E-state index in [1.54, 1.807) is 17.0 Å². The number of hydrogen-bond donors (Lipinski definition) is 1. The van der Waals surface area contributed by atoms with Gasteiger partial charge in [0.05, 0.1) is 0 Å². The summed E-state index contributed by atoms with van der Waals surface area (Å²) < 4.78 is 3.52. The lowest BCUT2D eigenvalue weighted by atomic mass is 9.87. The van der Waals surface area contributed by atoms with Crippen LogP contribution in [0, 0.1) is 0 Å². The summed E-state index contributed by atoms with van der Waals surface area (Å²) in [6.07, 6.45) is 7.68. The third kappa shape index (κ3) is 2.78. The smallest absolute Gasteiger partial charge is 0.266 e. The number of benzene rings is 1. The summed E-state index contributed by atoms with van der Waals surface area (Å²) in [7, 11) is 2.19. The summed E-state index contributed by atoms with van der Waals surface area (Å²) in [5.41, 5.74) is 4.62. The van der Waals surface area contributed by atoms with Crippen LogP contribution in [-0.2, 0) is 12.0 Å². The third-order valence-electron chi connectivity index (χ3n) is 6.60. The van der Waals surface area contributed by atoms with Crippen LogP contribution in [0.1, 0.15) is 43.9 Å². The minimum absolute atomic E-state index is 0.0111. The van der Waals surface area contributed by atoms with Gasteiger partial charge in [0.2, 0.25) is 11.7 Å². The highest BCUT2D eigenvalue weighted by molar-refractivity contribution is 5.77. The molecule has 4 aromatic rings. The molecule has 31 heavy (non-hydrogen) atoms. The first kappa shape index (κ1) is 18.5. The standard InChI is InChI=1S/C23H25N7O/c1-14(2)30-20(31)17-11-25-21(27-19(17)29-9-8-24-22(29)30)26-16-4-5-18-15(10-16)12-28(3)13-23(18)6-7-23/h4-5,8-11,14H,6-7,12-13H2,1-3H3,(H,25,26,27). The second-order valence-electron chi connectivity index (χ2n) is 9.25. The molecule has 0 atom stereocenters. The molecule has 2 aliphatic rings. The zero-order valence-corrected chi connectivity index (χ0v) is 18.0. The lowest BCUT2D eigenvalue weighted by Crippen LogP contribution is -2.35. The van der Waals surface area contributed by atoms with E-state index in [0.29, 0.717) is 28.2 Å². The van der Waals surface area contributed by atoms with E-state index in [1.807, 2.05) is 24.4 Å². The van der Waals surface area contributed by atoms with Crippen molar-refractivity contribution in [1.82, 2.24) is 28.8 Å². The van der Waals surface area contributed by atoms with Gasteiger partial charge in [0.1, 0.15) is 5.39 Å². The Kier molecular flexibility index (Phi) is 3.80. The molecule has 3 aromatic heterocycles. The van der Waals surface area contributed by atoms with Crippen molar-refractivity contribution in [2.24, 2.45) is 0 Å². The summed E-state index contributed by atoms with van der Waals surface area (Å²) in [6.45, 7) is 6.04. The van der Waals surface area contributed by atoms with Gasteiger partial charge in [0.15, 0.2) is 5.65 Å². The summed E-state index contributed by atoms with van der Waals surface area (Å²) in [4.78, 5) is 28.9. The maximum atomic E-state index is 13.0. The minimum atomic E-state index is -0.123. The summed E-state index contributed by atoms with van der Waals surface area (Å²) in [5, 5.41) is 3.82. The highest BCUT2D eigenvalue weighted by Gasteiger charge is 2.48. The number of likely N-dealkylation sites (N-methyl/N-ethyl adjacent to an activating group) is 1. The van der Waals surface area contributed by atoms with Crippen LogP contribution in [0.3, 0.4) is 0 Å². The normalized spacial score (nSPS) is 17.5. The van der Waals surface area contributed by atoms with Crippen molar-refractivity contribution in [2.75, 3.05) is 18.9 Å². The lowest BCUT2D eigenvalue weighted by Gasteiger charge is -2.32. The van der Waals surface area contributed by atoms with Gasteiger partial charge in [-0.2, -0.15) is 4.98 Å². The molecule has 1 aliphatic carbocycles. The molecular formula is C23H25N7O. The van der Waals surface area contributed by atoms with E-state index in [2.05, 4.69) is 50.4 Å². The Labute approximate surface area is 179 Å². The maximum absolute atomic E-state index is 13.0. The molecule has 1 fully saturated rings. The number of aromatic nitrogens is 5. The largest absolute Gasteiger partial charge is 0.324 e. The van der Waals surface area contributed by atoms with Gasteiger partial charge < -0.3 is 10.2 Å². The van der Waals surface area contributed by atoms with Gasteiger partial charge in [-0.15, -0.1) is 0 Å². The summed E-state index contributed by atoms with van der Waals surface area (Å²) >= 11 is 0. The molecule has 1 N–H and O–H groups in total. The van der Waals surface area contributed by atoms with E-state index in [1.165, 1.54) is 24.0 Å². The van der Waals surface area contributed by atoms with E-state index < -0.39 is 0 Å². The Morgan fingerprint density at radius 1 is 1.19 bits per heavy atom. The predicted octanol–water partition coefficient (Wildman–Crippen LogP) is 3.24. The van der Waals surface area contributed by atoms with Crippen LogP contribution in [-0.4, -0.2) is 42.4 Å². The first-order valence-corrected chi connectivity index (χ1v) is 10.8. The molecule has 1 spiro atoms. The zero-order chi connectivity index (χ0) is 21.3. The van der Waals surface area contributed by atoms with Crippen LogP contribution in [0.25, 0.3) is 16.8 Å². The fraction of sp³-hybridized carbons (Fsp3) is 0.391. The van der Waals surface area contributed by atoms with E-state index >= 15 is 0 Å². The van der Waals surface area contributed by atoms with Crippen LogP contribution >= 0.6 is 0 Å². The molecule has 0 bridgehead atoms. The molecular weight excluding hydrogens is 390 g/mol. The van der Waals surface area contributed by atoms with Crippen molar-refractivity contribution in [1.29, 1.82) is 0 Å². The molecule has 158 valence electrons. The number of fused-ring (bicyclic) bond motifs is 5. The third-order valence-corrected chi connectivity index (χ3v) is 6.60. The number of anilines is 2. The van der Waals surface area contributed by atoms with Crippen LogP contribution < -0.4 is 10.9 Å². The molecule has 1 aliphatic heterocycles. The fourth-order valence-corrected chi connectivity index (χ4v) is 5.07. The van der Waals surface area contributed by atoms with E-state index in [9.17, 15) is 4.79 Å². The Balaban J connectivity index is 1.42. The molecule has 0 saturated heterocycles. The van der Waals surface area contributed by atoms with E-state index in [-0.39, 0.29) is 11.6 Å². The van der Waals surface area contributed by atoms with Crippen molar-refractivity contribution in [2.45, 2.75) is 44.7 Å². The molecule has 0 unspecified atom stereocenters. The van der Waals surface area contributed by atoms with Crippen LogP contribution in [0.5, 0.6) is 0 Å². The number of rotatable bonds is 3. The Morgan fingerprint density at radius 3 is 2.81 bits per heavy atom. The molecule has 6 rings (SSSR count). The van der Waals surface area contributed by atoms with Gasteiger partial charge >= 0.3 is 0 Å². The number of hydrogen-bond acceptors (Lipinski definition) is 6. The second kappa shape index (κ2) is 6.37. The Bertz CT molecular complexity index is 1400. The van der Waals surface area contributed by atoms with Crippen molar-refractivity contribution < 1.29 is 0 Å². The van der Waals surface area contributed by atoms with Gasteiger partial charge in [-0.1, -0.05) is 6.07 Å². The van der Waals surface area contributed by atoms with Crippen LogP contribution in [0.4, 0.5) is 11.6 Å². The fourth-order valence-electron chi connectivity index (χ4n) is 5.07. The molecule has 1 aromatic carbocycles.